The average molecular weight is 285 g/mol. The molecule has 0 bridgehead atoms. The molecule has 1 rings (SSSR count). The van der Waals surface area contributed by atoms with E-state index in [-0.39, 0.29) is 24.5 Å². The number of carbonyl (C=O) groups excluding carboxylic acids is 1. The topological polar surface area (TPSA) is 64.6 Å². The third-order valence-electron chi connectivity index (χ3n) is 4.21. The lowest BCUT2D eigenvalue weighted by atomic mass is 9.93. The summed E-state index contributed by atoms with van der Waals surface area (Å²) in [5.41, 5.74) is -0.868. The molecule has 2 amide bonds. The molecule has 118 valence electrons. The van der Waals surface area contributed by atoms with Gasteiger partial charge in [0.2, 0.25) is 0 Å². The Labute approximate surface area is 123 Å². The van der Waals surface area contributed by atoms with Crippen LogP contribution < -0.4 is 10.6 Å². The number of urea groups is 1. The molecule has 5 nitrogen and oxygen atoms in total. The van der Waals surface area contributed by atoms with Gasteiger partial charge in [-0.2, -0.15) is 0 Å². The molecule has 1 saturated heterocycles. The Hall–Kier alpha value is -0.810. The summed E-state index contributed by atoms with van der Waals surface area (Å²) >= 11 is 0. The molecule has 0 aromatic heterocycles. The van der Waals surface area contributed by atoms with Crippen LogP contribution >= 0.6 is 0 Å². The third-order valence-corrected chi connectivity index (χ3v) is 4.21. The number of aliphatic hydroxyl groups is 1. The number of hydrogen-bond donors (Lipinski definition) is 3. The summed E-state index contributed by atoms with van der Waals surface area (Å²) in [6.45, 7) is 11.1. The summed E-state index contributed by atoms with van der Waals surface area (Å²) in [7, 11) is 0. The summed E-state index contributed by atoms with van der Waals surface area (Å²) in [6, 6.07) is -0.0764. The standard InChI is InChI=1S/C15H31N3O2/c1-12(2)15(4,20)11-16-14(19)17-13(3)10-18-8-6-5-7-9-18/h12-13,20H,5-11H2,1-4H3,(H2,16,17,19). The van der Waals surface area contributed by atoms with Gasteiger partial charge in [-0.1, -0.05) is 20.3 Å². The Morgan fingerprint density at radius 3 is 2.40 bits per heavy atom. The van der Waals surface area contributed by atoms with Gasteiger partial charge < -0.3 is 20.6 Å². The van der Waals surface area contributed by atoms with Crippen molar-refractivity contribution >= 4 is 6.03 Å². The minimum atomic E-state index is -0.868. The van der Waals surface area contributed by atoms with Crippen LogP contribution in [0.5, 0.6) is 0 Å². The van der Waals surface area contributed by atoms with Gasteiger partial charge in [-0.15, -0.1) is 0 Å². The van der Waals surface area contributed by atoms with Crippen LogP contribution in [0, 0.1) is 5.92 Å². The first-order valence-electron chi connectivity index (χ1n) is 7.80. The quantitative estimate of drug-likeness (QED) is 0.694. The summed E-state index contributed by atoms with van der Waals surface area (Å²) in [6.07, 6.45) is 3.84. The fraction of sp³-hybridized carbons (Fsp3) is 0.933. The van der Waals surface area contributed by atoms with Crippen LogP contribution in [0.3, 0.4) is 0 Å². The highest BCUT2D eigenvalue weighted by molar-refractivity contribution is 5.74. The normalized spacial score (nSPS) is 21.3. The maximum atomic E-state index is 11.8. The monoisotopic (exact) mass is 285 g/mol. The van der Waals surface area contributed by atoms with Crippen molar-refractivity contribution in [1.82, 2.24) is 15.5 Å². The molecule has 1 aliphatic rings. The van der Waals surface area contributed by atoms with E-state index in [1.54, 1.807) is 6.92 Å². The van der Waals surface area contributed by atoms with Crippen LogP contribution in [-0.4, -0.2) is 53.9 Å². The summed E-state index contributed by atoms with van der Waals surface area (Å²) in [5, 5.41) is 15.8. The lowest BCUT2D eigenvalue weighted by Crippen LogP contribution is -2.51. The maximum Gasteiger partial charge on any atom is 0.315 e. The number of piperidine rings is 1. The fourth-order valence-corrected chi connectivity index (χ4v) is 2.31. The Balaban J connectivity index is 2.24. The summed E-state index contributed by atoms with van der Waals surface area (Å²) in [4.78, 5) is 14.2. The van der Waals surface area contributed by atoms with Crippen LogP contribution in [0.25, 0.3) is 0 Å². The lowest BCUT2D eigenvalue weighted by Gasteiger charge is -2.30. The Morgan fingerprint density at radius 1 is 1.25 bits per heavy atom. The van der Waals surface area contributed by atoms with Crippen molar-refractivity contribution in [2.75, 3.05) is 26.2 Å². The highest BCUT2D eigenvalue weighted by atomic mass is 16.3. The summed E-state index contributed by atoms with van der Waals surface area (Å²) in [5.74, 6) is 0.105. The smallest absolute Gasteiger partial charge is 0.315 e. The molecule has 0 spiro atoms. The molecule has 20 heavy (non-hydrogen) atoms. The second kappa shape index (κ2) is 7.84. The van der Waals surface area contributed by atoms with Crippen LogP contribution in [0.4, 0.5) is 4.79 Å². The maximum absolute atomic E-state index is 11.8. The SMILES string of the molecule is CC(CN1CCCCC1)NC(=O)NCC(C)(O)C(C)C. The van der Waals surface area contributed by atoms with E-state index in [9.17, 15) is 9.90 Å². The molecule has 0 aromatic carbocycles. The first-order chi connectivity index (χ1) is 9.31. The van der Waals surface area contributed by atoms with Gasteiger partial charge in [0.1, 0.15) is 0 Å². The Kier molecular flexibility index (Phi) is 6.76. The van der Waals surface area contributed by atoms with Crippen LogP contribution in [0.1, 0.15) is 47.0 Å². The van der Waals surface area contributed by atoms with Crippen LogP contribution in [-0.2, 0) is 0 Å². The minimum absolute atomic E-state index is 0.105. The first-order valence-corrected chi connectivity index (χ1v) is 7.80. The fourth-order valence-electron chi connectivity index (χ4n) is 2.31. The molecule has 0 aromatic rings. The van der Waals surface area contributed by atoms with Gasteiger partial charge in [0.25, 0.3) is 0 Å². The molecule has 5 heteroatoms. The molecule has 1 fully saturated rings. The van der Waals surface area contributed by atoms with Gasteiger partial charge >= 0.3 is 6.03 Å². The third kappa shape index (κ3) is 6.09. The number of amides is 2. The van der Waals surface area contributed by atoms with Gasteiger partial charge in [-0.05, 0) is 45.7 Å². The van der Waals surface area contributed by atoms with Crippen molar-refractivity contribution in [1.29, 1.82) is 0 Å². The van der Waals surface area contributed by atoms with Crippen molar-refractivity contribution in [2.24, 2.45) is 5.92 Å². The minimum Gasteiger partial charge on any atom is -0.388 e. The predicted molar refractivity (Wildman–Crippen MR) is 81.7 cm³/mol. The van der Waals surface area contributed by atoms with Gasteiger partial charge in [0.05, 0.1) is 5.60 Å². The van der Waals surface area contributed by atoms with E-state index in [1.807, 2.05) is 20.8 Å². The number of nitrogens with zero attached hydrogens (tertiary/aromatic N) is 1. The van der Waals surface area contributed by atoms with E-state index < -0.39 is 5.60 Å². The molecule has 3 N–H and O–H groups in total. The van der Waals surface area contributed by atoms with Gasteiger partial charge in [0.15, 0.2) is 0 Å². The molecule has 1 heterocycles. The summed E-state index contributed by atoms with van der Waals surface area (Å²) < 4.78 is 0. The zero-order valence-electron chi connectivity index (χ0n) is 13.4. The van der Waals surface area contributed by atoms with Crippen LogP contribution in [0.15, 0.2) is 0 Å². The van der Waals surface area contributed by atoms with Crippen molar-refractivity contribution in [3.8, 4) is 0 Å². The Morgan fingerprint density at radius 2 is 1.85 bits per heavy atom. The lowest BCUT2D eigenvalue weighted by molar-refractivity contribution is 0.0165. The van der Waals surface area contributed by atoms with Gasteiger partial charge in [-0.3, -0.25) is 0 Å². The molecule has 0 aliphatic carbocycles. The number of nitrogens with one attached hydrogen (secondary N) is 2. The highest BCUT2D eigenvalue weighted by Crippen LogP contribution is 2.14. The number of likely N-dealkylation sites (tertiary alicyclic amines) is 1. The number of carbonyl (C=O) groups is 1. The highest BCUT2D eigenvalue weighted by Gasteiger charge is 2.25. The molecule has 1 aliphatic heterocycles. The Bertz CT molecular complexity index is 299. The molecule has 0 radical (unpaired) electrons. The zero-order chi connectivity index (χ0) is 15.2. The number of rotatable bonds is 6. The molecule has 2 unspecified atom stereocenters. The second-order valence-corrected chi connectivity index (χ2v) is 6.60. The van der Waals surface area contributed by atoms with E-state index in [4.69, 9.17) is 0 Å². The van der Waals surface area contributed by atoms with E-state index >= 15 is 0 Å². The van der Waals surface area contributed by atoms with Crippen LogP contribution in [0.2, 0.25) is 0 Å². The first kappa shape index (κ1) is 17.2. The zero-order valence-corrected chi connectivity index (χ0v) is 13.4. The molecular weight excluding hydrogens is 254 g/mol. The largest absolute Gasteiger partial charge is 0.388 e. The van der Waals surface area contributed by atoms with Gasteiger partial charge in [0, 0.05) is 19.1 Å². The predicted octanol–water partition coefficient (Wildman–Crippen LogP) is 1.57. The van der Waals surface area contributed by atoms with E-state index in [0.717, 1.165) is 19.6 Å². The average Bonchev–Trinajstić information content (AvgIpc) is 2.37. The number of hydrogen-bond acceptors (Lipinski definition) is 3. The van der Waals surface area contributed by atoms with Gasteiger partial charge in [-0.25, -0.2) is 4.79 Å². The van der Waals surface area contributed by atoms with Crippen molar-refractivity contribution in [3.63, 3.8) is 0 Å². The van der Waals surface area contributed by atoms with E-state index in [1.165, 1.54) is 19.3 Å². The second-order valence-electron chi connectivity index (χ2n) is 6.60. The van der Waals surface area contributed by atoms with Crippen molar-refractivity contribution < 1.29 is 9.90 Å². The van der Waals surface area contributed by atoms with Crippen molar-refractivity contribution in [3.05, 3.63) is 0 Å². The van der Waals surface area contributed by atoms with E-state index in [2.05, 4.69) is 15.5 Å². The molecule has 0 saturated carbocycles. The molecular formula is C15H31N3O2. The van der Waals surface area contributed by atoms with E-state index in [0.29, 0.717) is 0 Å². The van der Waals surface area contributed by atoms with Crippen molar-refractivity contribution in [2.45, 2.75) is 58.6 Å². The molecule has 2 atom stereocenters.